The lowest BCUT2D eigenvalue weighted by atomic mass is 9.93. The first kappa shape index (κ1) is 16.2. The van der Waals surface area contributed by atoms with Gasteiger partial charge in [-0.15, -0.1) is 0 Å². The van der Waals surface area contributed by atoms with Gasteiger partial charge in [-0.3, -0.25) is 4.79 Å². The summed E-state index contributed by atoms with van der Waals surface area (Å²) in [5.41, 5.74) is -0.0764. The van der Waals surface area contributed by atoms with Crippen LogP contribution >= 0.6 is 0 Å². The summed E-state index contributed by atoms with van der Waals surface area (Å²) < 4.78 is 32.9. The molecule has 118 valence electrons. The molecule has 1 heterocycles. The number of halogens is 2. The molecule has 0 spiro atoms. The summed E-state index contributed by atoms with van der Waals surface area (Å²) in [6, 6.07) is 3.86. The van der Waals surface area contributed by atoms with Gasteiger partial charge in [0.15, 0.2) is 11.6 Å². The van der Waals surface area contributed by atoms with Gasteiger partial charge in [-0.25, -0.2) is 8.78 Å². The average molecular weight is 308 g/mol. The normalized spacial score (nSPS) is 15.5. The molecular weight excluding hydrogens is 290 g/mol. The molecule has 1 aliphatic heterocycles. The van der Waals surface area contributed by atoms with Crippen molar-refractivity contribution >= 4 is 11.7 Å². The van der Waals surface area contributed by atoms with E-state index in [1.807, 2.05) is 0 Å². The number of nitrogens with zero attached hydrogens (tertiary/aromatic N) is 2. The number of hydrogen-bond acceptors (Lipinski definition) is 4. The fraction of sp³-hybridized carbons (Fsp3) is 0.500. The minimum absolute atomic E-state index is 0.0185. The highest BCUT2D eigenvalue weighted by molar-refractivity contribution is 5.65. The Morgan fingerprint density at radius 3 is 2.45 bits per heavy atom. The predicted octanol–water partition coefficient (Wildman–Crippen LogP) is 3.01. The Kier molecular flexibility index (Phi) is 5.31. The maximum atomic E-state index is 14.0. The minimum atomic E-state index is -0.699. The molecule has 0 atom stereocenters. The second-order valence-corrected chi connectivity index (χ2v) is 5.46. The molecule has 1 aromatic rings. The van der Waals surface area contributed by atoms with Gasteiger partial charge in [-0.1, -0.05) is 0 Å². The molecular formula is C16H18F2N2O2. The van der Waals surface area contributed by atoms with Crippen molar-refractivity contribution in [2.75, 3.05) is 24.6 Å². The van der Waals surface area contributed by atoms with E-state index >= 15 is 0 Å². The van der Waals surface area contributed by atoms with Crippen LogP contribution < -0.4 is 4.90 Å². The van der Waals surface area contributed by atoms with Gasteiger partial charge in [-0.05, 0) is 37.3 Å². The zero-order chi connectivity index (χ0) is 16.1. The molecule has 4 nitrogen and oxygen atoms in total. The second-order valence-electron chi connectivity index (χ2n) is 5.46. The minimum Gasteiger partial charge on any atom is -0.466 e. The number of anilines is 1. The highest BCUT2D eigenvalue weighted by Crippen LogP contribution is 2.30. The lowest BCUT2D eigenvalue weighted by molar-refractivity contribution is -0.141. The predicted molar refractivity (Wildman–Crippen MR) is 77.3 cm³/mol. The number of hydrogen-bond donors (Lipinski definition) is 0. The maximum Gasteiger partial charge on any atom is 0.302 e. The summed E-state index contributed by atoms with van der Waals surface area (Å²) in [4.78, 5) is 12.4. The van der Waals surface area contributed by atoms with Gasteiger partial charge in [0, 0.05) is 20.0 Å². The van der Waals surface area contributed by atoms with Crippen LogP contribution in [0, 0.1) is 28.9 Å². The zero-order valence-corrected chi connectivity index (χ0v) is 12.4. The van der Waals surface area contributed by atoms with Crippen molar-refractivity contribution in [1.82, 2.24) is 0 Å². The molecule has 6 heteroatoms. The monoisotopic (exact) mass is 308 g/mol. The van der Waals surface area contributed by atoms with Gasteiger partial charge in [0.25, 0.3) is 0 Å². The van der Waals surface area contributed by atoms with Gasteiger partial charge in [0.2, 0.25) is 0 Å². The first-order valence-corrected chi connectivity index (χ1v) is 7.28. The van der Waals surface area contributed by atoms with E-state index in [0.717, 1.165) is 31.4 Å². The third kappa shape index (κ3) is 3.94. The molecule has 22 heavy (non-hydrogen) atoms. The van der Waals surface area contributed by atoms with Crippen LogP contribution in [-0.4, -0.2) is 25.7 Å². The van der Waals surface area contributed by atoms with Gasteiger partial charge in [-0.2, -0.15) is 5.26 Å². The number of ether oxygens (including phenoxy) is 1. The van der Waals surface area contributed by atoms with E-state index in [2.05, 4.69) is 0 Å². The molecule has 2 rings (SSSR count). The lowest BCUT2D eigenvalue weighted by Crippen LogP contribution is -2.35. The maximum absolute atomic E-state index is 14.0. The number of carbonyl (C=O) groups excluding carboxylic acids is 1. The molecule has 1 aliphatic rings. The van der Waals surface area contributed by atoms with Crippen molar-refractivity contribution in [2.24, 2.45) is 5.92 Å². The van der Waals surface area contributed by atoms with Crippen molar-refractivity contribution in [3.8, 4) is 6.07 Å². The Morgan fingerprint density at radius 1 is 1.36 bits per heavy atom. The molecule has 0 saturated carbocycles. The van der Waals surface area contributed by atoms with Crippen LogP contribution in [0.3, 0.4) is 0 Å². The molecule has 0 bridgehead atoms. The van der Waals surface area contributed by atoms with Crippen LogP contribution in [0.4, 0.5) is 14.5 Å². The molecule has 0 radical (unpaired) electrons. The van der Waals surface area contributed by atoms with Crippen molar-refractivity contribution in [3.05, 3.63) is 29.3 Å². The van der Waals surface area contributed by atoms with Gasteiger partial charge in [0.1, 0.15) is 5.69 Å². The van der Waals surface area contributed by atoms with Crippen molar-refractivity contribution in [2.45, 2.75) is 26.2 Å². The van der Waals surface area contributed by atoms with E-state index in [4.69, 9.17) is 10.00 Å². The third-order valence-electron chi connectivity index (χ3n) is 3.91. The Morgan fingerprint density at radius 2 is 1.95 bits per heavy atom. The molecule has 1 saturated heterocycles. The molecule has 1 fully saturated rings. The number of nitriles is 1. The topological polar surface area (TPSA) is 53.3 Å². The largest absolute Gasteiger partial charge is 0.466 e. The molecule has 0 N–H and O–H groups in total. The fourth-order valence-corrected chi connectivity index (χ4v) is 2.75. The highest BCUT2D eigenvalue weighted by Gasteiger charge is 2.24. The summed E-state index contributed by atoms with van der Waals surface area (Å²) in [6.45, 7) is 2.85. The molecule has 0 aromatic heterocycles. The molecule has 0 unspecified atom stereocenters. The Balaban J connectivity index is 1.95. The standard InChI is InChI=1S/C16H18F2N2O2/c1-11(21)22-7-4-12-2-5-20(6-3-12)16-14(17)8-13(10-19)9-15(16)18/h8-9,12H,2-7H2,1H3. The van der Waals surface area contributed by atoms with Crippen LogP contribution in [0.1, 0.15) is 31.7 Å². The number of esters is 1. The van der Waals surface area contributed by atoms with E-state index in [1.165, 1.54) is 6.92 Å². The first-order chi connectivity index (χ1) is 10.5. The van der Waals surface area contributed by atoms with E-state index in [9.17, 15) is 13.6 Å². The summed E-state index contributed by atoms with van der Waals surface area (Å²) in [6.07, 6.45) is 2.35. The van der Waals surface area contributed by atoms with Gasteiger partial charge >= 0.3 is 5.97 Å². The van der Waals surface area contributed by atoms with E-state index < -0.39 is 11.6 Å². The summed E-state index contributed by atoms with van der Waals surface area (Å²) in [5.74, 6) is -1.30. The van der Waals surface area contributed by atoms with Crippen LogP contribution in [0.5, 0.6) is 0 Å². The Bertz CT molecular complexity index is 567. The van der Waals surface area contributed by atoms with Crippen LogP contribution in [0.15, 0.2) is 12.1 Å². The number of rotatable bonds is 4. The highest BCUT2D eigenvalue weighted by atomic mass is 19.1. The van der Waals surface area contributed by atoms with Gasteiger partial charge in [0.05, 0.1) is 18.2 Å². The van der Waals surface area contributed by atoms with Crippen LogP contribution in [-0.2, 0) is 9.53 Å². The summed E-state index contributed by atoms with van der Waals surface area (Å²) in [5, 5.41) is 8.71. The summed E-state index contributed by atoms with van der Waals surface area (Å²) >= 11 is 0. The van der Waals surface area contributed by atoms with E-state index in [-0.39, 0.29) is 17.2 Å². The van der Waals surface area contributed by atoms with Gasteiger partial charge < -0.3 is 9.64 Å². The smallest absolute Gasteiger partial charge is 0.302 e. The number of piperidine rings is 1. The van der Waals surface area contributed by atoms with E-state index in [1.54, 1.807) is 11.0 Å². The molecule has 0 aliphatic carbocycles. The molecule has 0 amide bonds. The average Bonchev–Trinajstić information content (AvgIpc) is 2.47. The zero-order valence-electron chi connectivity index (χ0n) is 12.4. The third-order valence-corrected chi connectivity index (χ3v) is 3.91. The first-order valence-electron chi connectivity index (χ1n) is 7.28. The molecule has 1 aromatic carbocycles. The van der Waals surface area contributed by atoms with Crippen molar-refractivity contribution < 1.29 is 18.3 Å². The van der Waals surface area contributed by atoms with E-state index in [0.29, 0.717) is 25.6 Å². The fourth-order valence-electron chi connectivity index (χ4n) is 2.75. The Labute approximate surface area is 128 Å². The van der Waals surface area contributed by atoms with Crippen LogP contribution in [0.25, 0.3) is 0 Å². The quantitative estimate of drug-likeness (QED) is 0.802. The SMILES string of the molecule is CC(=O)OCCC1CCN(c2c(F)cc(C#N)cc2F)CC1. The van der Waals surface area contributed by atoms with Crippen molar-refractivity contribution in [1.29, 1.82) is 5.26 Å². The van der Waals surface area contributed by atoms with Crippen molar-refractivity contribution in [3.63, 3.8) is 0 Å². The number of benzene rings is 1. The van der Waals surface area contributed by atoms with Crippen LogP contribution in [0.2, 0.25) is 0 Å². The number of carbonyl (C=O) groups is 1. The Hall–Kier alpha value is -2.16. The summed E-state index contributed by atoms with van der Waals surface area (Å²) in [7, 11) is 0. The lowest BCUT2D eigenvalue weighted by Gasteiger charge is -2.33. The second kappa shape index (κ2) is 7.21.